The molecule has 14 heavy (non-hydrogen) atoms. The van der Waals surface area contributed by atoms with Gasteiger partial charge in [-0.3, -0.25) is 0 Å². The topological polar surface area (TPSA) is 33.0 Å². The van der Waals surface area contributed by atoms with Gasteiger partial charge in [0.2, 0.25) is 0 Å². The number of nitriles is 1. The van der Waals surface area contributed by atoms with Crippen molar-refractivity contribution < 1.29 is 4.74 Å². The van der Waals surface area contributed by atoms with Crippen molar-refractivity contribution in [2.75, 3.05) is 0 Å². The van der Waals surface area contributed by atoms with Crippen LogP contribution in [0.15, 0.2) is 43.5 Å². The molecule has 70 valence electrons. The molecule has 2 heteroatoms. The standard InChI is InChI=1S/C12H11NO/c1-3-10-7-5-6-8-11(10)12(4-2)14-9-13/h3-8,12H,1-2H2. The highest BCUT2D eigenvalue weighted by Crippen LogP contribution is 2.22. The van der Waals surface area contributed by atoms with Crippen molar-refractivity contribution in [3.63, 3.8) is 0 Å². The van der Waals surface area contributed by atoms with E-state index in [2.05, 4.69) is 13.2 Å². The van der Waals surface area contributed by atoms with E-state index in [-0.39, 0.29) is 0 Å². The average molecular weight is 185 g/mol. The molecular formula is C12H11NO. The van der Waals surface area contributed by atoms with Crippen LogP contribution in [0.1, 0.15) is 17.2 Å². The first-order chi connectivity index (χ1) is 6.83. The van der Waals surface area contributed by atoms with Crippen LogP contribution in [0.3, 0.4) is 0 Å². The fraction of sp³-hybridized carbons (Fsp3) is 0.0833. The number of nitrogens with zero attached hydrogens (tertiary/aromatic N) is 1. The van der Waals surface area contributed by atoms with Gasteiger partial charge in [-0.15, -0.1) is 0 Å². The fourth-order valence-corrected chi connectivity index (χ4v) is 1.25. The molecule has 0 spiro atoms. The van der Waals surface area contributed by atoms with Crippen molar-refractivity contribution in [1.82, 2.24) is 0 Å². The van der Waals surface area contributed by atoms with E-state index >= 15 is 0 Å². The van der Waals surface area contributed by atoms with Gasteiger partial charge in [0, 0.05) is 5.56 Å². The Morgan fingerprint density at radius 3 is 2.64 bits per heavy atom. The predicted molar refractivity (Wildman–Crippen MR) is 56.2 cm³/mol. The average Bonchev–Trinajstić information content (AvgIpc) is 2.26. The Kier molecular flexibility index (Phi) is 3.51. The van der Waals surface area contributed by atoms with Crippen LogP contribution in [0, 0.1) is 11.5 Å². The van der Waals surface area contributed by atoms with Crippen molar-refractivity contribution in [1.29, 1.82) is 5.26 Å². The zero-order valence-corrected chi connectivity index (χ0v) is 7.81. The van der Waals surface area contributed by atoms with E-state index in [9.17, 15) is 0 Å². The van der Waals surface area contributed by atoms with E-state index in [1.54, 1.807) is 18.4 Å². The van der Waals surface area contributed by atoms with Gasteiger partial charge in [-0.2, -0.15) is 5.26 Å². The van der Waals surface area contributed by atoms with Gasteiger partial charge in [-0.25, -0.2) is 0 Å². The number of hydrogen-bond acceptors (Lipinski definition) is 2. The maximum atomic E-state index is 8.45. The second-order valence-electron chi connectivity index (χ2n) is 2.70. The molecule has 0 N–H and O–H groups in total. The third kappa shape index (κ3) is 2.02. The van der Waals surface area contributed by atoms with Gasteiger partial charge in [0.25, 0.3) is 6.26 Å². The second-order valence-corrected chi connectivity index (χ2v) is 2.70. The molecular weight excluding hydrogens is 174 g/mol. The summed E-state index contributed by atoms with van der Waals surface area (Å²) in [5, 5.41) is 8.45. The van der Waals surface area contributed by atoms with E-state index in [0.29, 0.717) is 0 Å². The zero-order valence-electron chi connectivity index (χ0n) is 7.81. The predicted octanol–water partition coefficient (Wildman–Crippen LogP) is 3.05. The molecule has 0 aliphatic rings. The van der Waals surface area contributed by atoms with Crippen LogP contribution >= 0.6 is 0 Å². The van der Waals surface area contributed by atoms with E-state index in [4.69, 9.17) is 10.00 Å². The zero-order chi connectivity index (χ0) is 10.4. The Bertz CT molecular complexity index is 376. The molecule has 0 amide bonds. The summed E-state index contributed by atoms with van der Waals surface area (Å²) < 4.78 is 4.86. The summed E-state index contributed by atoms with van der Waals surface area (Å²) in [7, 11) is 0. The lowest BCUT2D eigenvalue weighted by molar-refractivity contribution is 0.209. The van der Waals surface area contributed by atoms with Gasteiger partial charge in [0.05, 0.1) is 0 Å². The Hall–Kier alpha value is -2.01. The number of hydrogen-bond donors (Lipinski definition) is 0. The lowest BCUT2D eigenvalue weighted by Crippen LogP contribution is -1.99. The van der Waals surface area contributed by atoms with Crippen molar-refractivity contribution >= 4 is 6.08 Å². The van der Waals surface area contributed by atoms with Gasteiger partial charge in [0.15, 0.2) is 6.10 Å². The first kappa shape index (κ1) is 10.1. The molecule has 1 rings (SSSR count). The van der Waals surface area contributed by atoms with Crippen molar-refractivity contribution in [3.05, 3.63) is 54.6 Å². The molecule has 0 radical (unpaired) electrons. The quantitative estimate of drug-likeness (QED) is 0.533. The lowest BCUT2D eigenvalue weighted by atomic mass is 10.0. The highest BCUT2D eigenvalue weighted by atomic mass is 16.5. The second kappa shape index (κ2) is 4.88. The highest BCUT2D eigenvalue weighted by Gasteiger charge is 2.10. The van der Waals surface area contributed by atoms with Crippen LogP contribution in [-0.4, -0.2) is 0 Å². The van der Waals surface area contributed by atoms with E-state index in [1.807, 2.05) is 24.3 Å². The highest BCUT2D eigenvalue weighted by molar-refractivity contribution is 5.53. The smallest absolute Gasteiger partial charge is 0.287 e. The molecule has 0 aliphatic carbocycles. The van der Waals surface area contributed by atoms with Crippen LogP contribution < -0.4 is 0 Å². The molecule has 0 saturated heterocycles. The van der Waals surface area contributed by atoms with Crippen LogP contribution in [-0.2, 0) is 4.74 Å². The Balaban J connectivity index is 3.09. The maximum absolute atomic E-state index is 8.45. The summed E-state index contributed by atoms with van der Waals surface area (Å²) in [6.45, 7) is 7.32. The monoisotopic (exact) mass is 185 g/mol. The molecule has 1 aromatic rings. The molecule has 1 unspecified atom stereocenters. The van der Waals surface area contributed by atoms with E-state index in [1.165, 1.54) is 0 Å². The van der Waals surface area contributed by atoms with Crippen LogP contribution in [0.2, 0.25) is 0 Å². The number of rotatable bonds is 4. The molecule has 0 aromatic heterocycles. The van der Waals surface area contributed by atoms with Gasteiger partial charge >= 0.3 is 0 Å². The summed E-state index contributed by atoms with van der Waals surface area (Å²) in [6, 6.07) is 7.60. The van der Waals surface area contributed by atoms with Crippen molar-refractivity contribution in [2.45, 2.75) is 6.10 Å². The maximum Gasteiger partial charge on any atom is 0.287 e. The van der Waals surface area contributed by atoms with Crippen molar-refractivity contribution in [3.8, 4) is 6.26 Å². The van der Waals surface area contributed by atoms with Crippen LogP contribution in [0.4, 0.5) is 0 Å². The number of ether oxygens (including phenoxy) is 1. The molecule has 0 aliphatic heterocycles. The van der Waals surface area contributed by atoms with Gasteiger partial charge in [0.1, 0.15) is 0 Å². The fourth-order valence-electron chi connectivity index (χ4n) is 1.25. The first-order valence-corrected chi connectivity index (χ1v) is 4.22. The Morgan fingerprint density at radius 1 is 1.36 bits per heavy atom. The lowest BCUT2D eigenvalue weighted by Gasteiger charge is -2.11. The summed E-state index contributed by atoms with van der Waals surface area (Å²) in [6.07, 6.45) is 4.59. The van der Waals surface area contributed by atoms with Gasteiger partial charge in [-0.1, -0.05) is 43.5 Å². The minimum absolute atomic E-state index is 0.394. The Morgan fingerprint density at radius 2 is 2.07 bits per heavy atom. The summed E-state index contributed by atoms with van der Waals surface area (Å²) in [5.41, 5.74) is 1.85. The molecule has 1 atom stereocenters. The largest absolute Gasteiger partial charge is 0.415 e. The molecule has 0 bridgehead atoms. The summed E-state index contributed by atoms with van der Waals surface area (Å²) >= 11 is 0. The molecule has 2 nitrogen and oxygen atoms in total. The SMILES string of the molecule is C=Cc1ccccc1C(C=C)OC#N. The van der Waals surface area contributed by atoms with Gasteiger partial charge < -0.3 is 4.74 Å². The summed E-state index contributed by atoms with van der Waals surface area (Å²) in [4.78, 5) is 0. The molecule has 1 aromatic carbocycles. The third-order valence-electron chi connectivity index (χ3n) is 1.92. The van der Waals surface area contributed by atoms with Crippen molar-refractivity contribution in [2.24, 2.45) is 0 Å². The Labute approximate surface area is 83.7 Å². The molecule has 0 saturated carbocycles. The minimum atomic E-state index is -0.394. The van der Waals surface area contributed by atoms with E-state index < -0.39 is 6.10 Å². The summed E-state index contributed by atoms with van der Waals surface area (Å²) in [5.74, 6) is 0. The van der Waals surface area contributed by atoms with E-state index in [0.717, 1.165) is 11.1 Å². The minimum Gasteiger partial charge on any atom is -0.415 e. The third-order valence-corrected chi connectivity index (χ3v) is 1.92. The normalized spacial score (nSPS) is 11.1. The number of benzene rings is 1. The molecule has 0 heterocycles. The van der Waals surface area contributed by atoms with Crippen LogP contribution in [0.25, 0.3) is 6.08 Å². The van der Waals surface area contributed by atoms with Gasteiger partial charge in [-0.05, 0) is 11.6 Å². The van der Waals surface area contributed by atoms with Crippen LogP contribution in [0.5, 0.6) is 0 Å². The first-order valence-electron chi connectivity index (χ1n) is 4.22. The molecule has 0 fully saturated rings.